The van der Waals surface area contributed by atoms with Crippen molar-refractivity contribution < 1.29 is 19.2 Å². The van der Waals surface area contributed by atoms with E-state index in [0.717, 1.165) is 24.2 Å². The second kappa shape index (κ2) is 7.50. The number of hydrogen-bond acceptors (Lipinski definition) is 6. The molecule has 150 valence electrons. The minimum atomic E-state index is -0.481. The number of benzene rings is 1. The molecule has 4 saturated carbocycles. The lowest BCUT2D eigenvalue weighted by atomic mass is 9.48. The molecule has 6 nitrogen and oxygen atoms in total. The Morgan fingerprint density at radius 2 is 1.68 bits per heavy atom. The third kappa shape index (κ3) is 3.81. The summed E-state index contributed by atoms with van der Waals surface area (Å²) in [6, 6.07) is 6.06. The number of esters is 1. The highest BCUT2D eigenvalue weighted by Gasteiger charge is 2.54. The maximum atomic E-state index is 12.9. The molecular formula is C21H25NO5S. The first-order valence-electron chi connectivity index (χ1n) is 9.96. The van der Waals surface area contributed by atoms with Crippen LogP contribution in [0.2, 0.25) is 0 Å². The molecule has 1 aromatic rings. The van der Waals surface area contributed by atoms with E-state index < -0.39 is 16.1 Å². The van der Waals surface area contributed by atoms with Gasteiger partial charge in [0, 0.05) is 22.4 Å². The van der Waals surface area contributed by atoms with Gasteiger partial charge in [0.1, 0.15) is 5.25 Å². The Bertz CT molecular complexity index is 755. The molecule has 0 spiro atoms. The van der Waals surface area contributed by atoms with Crippen molar-refractivity contribution in [1.29, 1.82) is 0 Å². The molecule has 0 heterocycles. The Morgan fingerprint density at radius 1 is 1.14 bits per heavy atom. The first-order chi connectivity index (χ1) is 13.3. The number of carbonyl (C=O) groups is 2. The van der Waals surface area contributed by atoms with Crippen LogP contribution in [0.15, 0.2) is 29.2 Å². The second-order valence-electron chi connectivity index (χ2n) is 8.74. The van der Waals surface area contributed by atoms with Gasteiger partial charge in [-0.2, -0.15) is 0 Å². The van der Waals surface area contributed by atoms with E-state index in [0.29, 0.717) is 17.8 Å². The molecule has 7 heteroatoms. The SMILES string of the molecule is C[C@H](Sc1ccc([N+](=O)[O-])cc1)C(=O)OCC(=O)C12CC3CC(CC(C3)C1)C2. The first-order valence-corrected chi connectivity index (χ1v) is 10.8. The number of ketones is 1. The maximum absolute atomic E-state index is 12.9. The van der Waals surface area contributed by atoms with E-state index in [1.807, 2.05) is 0 Å². The average molecular weight is 404 g/mol. The Hall–Kier alpha value is -1.89. The fourth-order valence-corrected chi connectivity index (χ4v) is 6.62. The molecule has 4 fully saturated rings. The van der Waals surface area contributed by atoms with E-state index in [1.165, 1.54) is 43.2 Å². The number of nitro groups is 1. The molecular weight excluding hydrogens is 378 g/mol. The molecule has 0 amide bonds. The van der Waals surface area contributed by atoms with Crippen molar-refractivity contribution in [1.82, 2.24) is 0 Å². The zero-order valence-corrected chi connectivity index (χ0v) is 16.8. The zero-order valence-electron chi connectivity index (χ0n) is 16.0. The van der Waals surface area contributed by atoms with Gasteiger partial charge < -0.3 is 4.74 Å². The van der Waals surface area contributed by atoms with Gasteiger partial charge in [0.15, 0.2) is 12.4 Å². The average Bonchev–Trinajstić information content (AvgIpc) is 2.65. The fraction of sp³-hybridized carbons (Fsp3) is 0.619. The van der Waals surface area contributed by atoms with Crippen LogP contribution < -0.4 is 0 Å². The van der Waals surface area contributed by atoms with Crippen molar-refractivity contribution >= 4 is 29.2 Å². The molecule has 0 aliphatic heterocycles. The third-order valence-electron chi connectivity index (χ3n) is 6.67. The molecule has 0 aromatic heterocycles. The van der Waals surface area contributed by atoms with Gasteiger partial charge in [-0.1, -0.05) is 0 Å². The molecule has 4 bridgehead atoms. The summed E-state index contributed by atoms with van der Waals surface area (Å²) in [5, 5.41) is 10.2. The van der Waals surface area contributed by atoms with E-state index in [4.69, 9.17) is 4.74 Å². The summed E-state index contributed by atoms with van der Waals surface area (Å²) in [4.78, 5) is 36.3. The highest BCUT2D eigenvalue weighted by molar-refractivity contribution is 8.00. The highest BCUT2D eigenvalue weighted by atomic mass is 32.2. The molecule has 0 saturated heterocycles. The topological polar surface area (TPSA) is 86.5 Å². The van der Waals surface area contributed by atoms with Crippen LogP contribution >= 0.6 is 11.8 Å². The Balaban J connectivity index is 1.30. The third-order valence-corrected chi connectivity index (χ3v) is 7.76. The molecule has 4 aliphatic carbocycles. The number of nitrogens with zero attached hydrogens (tertiary/aromatic N) is 1. The molecule has 28 heavy (non-hydrogen) atoms. The Labute approximate surface area is 168 Å². The number of carbonyl (C=O) groups excluding carboxylic acids is 2. The van der Waals surface area contributed by atoms with Crippen molar-refractivity contribution in [3.63, 3.8) is 0 Å². The number of hydrogen-bond donors (Lipinski definition) is 0. The van der Waals surface area contributed by atoms with Crippen molar-refractivity contribution in [2.24, 2.45) is 23.2 Å². The van der Waals surface area contributed by atoms with Gasteiger partial charge in [-0.3, -0.25) is 19.7 Å². The van der Waals surface area contributed by atoms with Crippen LogP contribution in [0.4, 0.5) is 5.69 Å². The quantitative estimate of drug-likeness (QED) is 0.290. The van der Waals surface area contributed by atoms with E-state index >= 15 is 0 Å². The molecule has 0 N–H and O–H groups in total. The van der Waals surface area contributed by atoms with Crippen molar-refractivity contribution in [3.05, 3.63) is 34.4 Å². The van der Waals surface area contributed by atoms with Crippen LogP contribution in [0.3, 0.4) is 0 Å². The summed E-state index contributed by atoms with van der Waals surface area (Å²) >= 11 is 1.27. The van der Waals surface area contributed by atoms with Gasteiger partial charge in [0.25, 0.3) is 5.69 Å². The van der Waals surface area contributed by atoms with Gasteiger partial charge in [-0.05, 0) is 75.3 Å². The van der Waals surface area contributed by atoms with Crippen LogP contribution in [0.5, 0.6) is 0 Å². The summed E-state index contributed by atoms with van der Waals surface area (Å²) < 4.78 is 5.37. The Kier molecular flexibility index (Phi) is 5.21. The van der Waals surface area contributed by atoms with E-state index in [1.54, 1.807) is 19.1 Å². The lowest BCUT2D eigenvalue weighted by Crippen LogP contribution is -2.51. The molecule has 0 unspecified atom stereocenters. The van der Waals surface area contributed by atoms with Gasteiger partial charge in [0.2, 0.25) is 0 Å². The Morgan fingerprint density at radius 3 is 2.18 bits per heavy atom. The number of rotatable bonds is 7. The van der Waals surface area contributed by atoms with Crippen LogP contribution in [0.1, 0.15) is 45.4 Å². The highest BCUT2D eigenvalue weighted by Crippen LogP contribution is 2.60. The largest absolute Gasteiger partial charge is 0.457 e. The van der Waals surface area contributed by atoms with Crippen LogP contribution in [-0.2, 0) is 14.3 Å². The summed E-state index contributed by atoms with van der Waals surface area (Å²) in [5.74, 6) is 1.74. The van der Waals surface area contributed by atoms with Crippen LogP contribution in [0, 0.1) is 33.3 Å². The van der Waals surface area contributed by atoms with Gasteiger partial charge >= 0.3 is 5.97 Å². The molecule has 0 radical (unpaired) electrons. The minimum Gasteiger partial charge on any atom is -0.457 e. The normalized spacial score (nSPS) is 31.4. The number of ether oxygens (including phenoxy) is 1. The monoisotopic (exact) mass is 403 g/mol. The summed E-state index contributed by atoms with van der Waals surface area (Å²) in [6.45, 7) is 1.60. The van der Waals surface area contributed by atoms with Crippen LogP contribution in [0.25, 0.3) is 0 Å². The second-order valence-corrected chi connectivity index (χ2v) is 10.2. The van der Waals surface area contributed by atoms with Crippen LogP contribution in [-0.4, -0.2) is 28.5 Å². The van der Waals surface area contributed by atoms with E-state index in [2.05, 4.69) is 0 Å². The lowest BCUT2D eigenvalue weighted by molar-refractivity contribution is -0.384. The summed E-state index contributed by atoms with van der Waals surface area (Å²) in [5.41, 5.74) is -0.232. The fourth-order valence-electron chi connectivity index (χ4n) is 5.76. The minimum absolute atomic E-state index is 0.0146. The maximum Gasteiger partial charge on any atom is 0.319 e. The van der Waals surface area contributed by atoms with Gasteiger partial charge in [-0.15, -0.1) is 11.8 Å². The predicted molar refractivity (Wildman–Crippen MR) is 105 cm³/mol. The molecule has 1 atom stereocenters. The lowest BCUT2D eigenvalue weighted by Gasteiger charge is -2.55. The van der Waals surface area contributed by atoms with Crippen molar-refractivity contribution in [2.75, 3.05) is 6.61 Å². The number of thioether (sulfide) groups is 1. The van der Waals surface area contributed by atoms with Gasteiger partial charge in [-0.25, -0.2) is 0 Å². The molecule has 1 aromatic carbocycles. The number of Topliss-reactive ketones (excluding diaryl/α,β-unsaturated/α-hetero) is 1. The number of non-ortho nitro benzene ring substituents is 1. The van der Waals surface area contributed by atoms with E-state index in [9.17, 15) is 19.7 Å². The summed E-state index contributed by atoms with van der Waals surface area (Å²) in [7, 11) is 0. The zero-order chi connectivity index (χ0) is 19.9. The summed E-state index contributed by atoms with van der Waals surface area (Å²) in [6.07, 6.45) is 6.74. The van der Waals surface area contributed by atoms with Crippen molar-refractivity contribution in [3.8, 4) is 0 Å². The van der Waals surface area contributed by atoms with Crippen molar-refractivity contribution in [2.45, 2.75) is 55.6 Å². The standard InChI is InChI=1S/C21H25NO5S/c1-13(28-18-4-2-17(3-5-18)22(25)26)20(24)27-12-19(23)21-9-14-6-15(10-21)8-16(7-14)11-21/h2-5,13-16H,6-12H2,1H3/t13-,14?,15?,16?,21?/m0/s1. The molecule has 4 aliphatic rings. The smallest absolute Gasteiger partial charge is 0.319 e. The first kappa shape index (κ1) is 19.4. The molecule has 5 rings (SSSR count). The van der Waals surface area contributed by atoms with Gasteiger partial charge in [0.05, 0.1) is 4.92 Å². The van der Waals surface area contributed by atoms with E-state index in [-0.39, 0.29) is 23.5 Å². The predicted octanol–water partition coefficient (Wildman–Crippen LogP) is 4.40. The number of nitro benzene ring substituents is 1.